The Morgan fingerprint density at radius 2 is 2.05 bits per heavy atom. The molecule has 3 aromatic rings. The highest BCUT2D eigenvalue weighted by Gasteiger charge is 2.15. The third-order valence-electron chi connectivity index (χ3n) is 3.24. The quantitative estimate of drug-likeness (QED) is 0.686. The molecule has 22 heavy (non-hydrogen) atoms. The van der Waals surface area contributed by atoms with Crippen molar-refractivity contribution in [1.82, 2.24) is 24.7 Å². The van der Waals surface area contributed by atoms with Gasteiger partial charge in [0.05, 0.1) is 11.6 Å². The lowest BCUT2D eigenvalue weighted by atomic mass is 10.3. The molecular formula is C14H15ClN6S. The molecule has 0 unspecified atom stereocenters. The van der Waals surface area contributed by atoms with Gasteiger partial charge in [-0.1, -0.05) is 11.6 Å². The molecule has 0 spiro atoms. The third-order valence-corrected chi connectivity index (χ3v) is 4.36. The summed E-state index contributed by atoms with van der Waals surface area (Å²) in [5.41, 5.74) is 0.882. The Morgan fingerprint density at radius 1 is 1.23 bits per heavy atom. The van der Waals surface area contributed by atoms with E-state index in [9.17, 15) is 0 Å². The van der Waals surface area contributed by atoms with Crippen molar-refractivity contribution < 1.29 is 0 Å². The van der Waals surface area contributed by atoms with Crippen molar-refractivity contribution in [3.63, 3.8) is 0 Å². The molecule has 0 saturated heterocycles. The smallest absolute Gasteiger partial charge is 0.227 e. The molecule has 8 heteroatoms. The van der Waals surface area contributed by atoms with Crippen LogP contribution in [0.4, 0.5) is 5.95 Å². The SMILES string of the molecule is Cc1ncc(CN(C)c2nnc(-c3ccc(Cl)nc3)n2C)s1. The van der Waals surface area contributed by atoms with Gasteiger partial charge in [0, 0.05) is 36.9 Å². The average Bonchev–Trinajstić information content (AvgIpc) is 3.06. The van der Waals surface area contributed by atoms with Crippen molar-refractivity contribution in [2.45, 2.75) is 13.5 Å². The molecule has 3 aromatic heterocycles. The average molecular weight is 335 g/mol. The zero-order valence-corrected chi connectivity index (χ0v) is 14.1. The van der Waals surface area contributed by atoms with Gasteiger partial charge in [0.2, 0.25) is 5.95 Å². The van der Waals surface area contributed by atoms with Gasteiger partial charge < -0.3 is 4.90 Å². The number of aromatic nitrogens is 5. The molecule has 0 amide bonds. The van der Waals surface area contributed by atoms with Crippen LogP contribution in [0.2, 0.25) is 5.15 Å². The normalized spacial score (nSPS) is 10.9. The topological polar surface area (TPSA) is 59.7 Å². The molecule has 0 bridgehead atoms. The Labute approximate surface area is 137 Å². The van der Waals surface area contributed by atoms with E-state index in [4.69, 9.17) is 11.6 Å². The Balaban J connectivity index is 1.84. The summed E-state index contributed by atoms with van der Waals surface area (Å²) in [5.74, 6) is 1.54. The number of rotatable bonds is 4. The van der Waals surface area contributed by atoms with E-state index in [1.807, 2.05) is 42.7 Å². The fraction of sp³-hybridized carbons (Fsp3) is 0.286. The Morgan fingerprint density at radius 3 is 2.68 bits per heavy atom. The molecular weight excluding hydrogens is 320 g/mol. The van der Waals surface area contributed by atoms with Gasteiger partial charge in [-0.3, -0.25) is 4.57 Å². The summed E-state index contributed by atoms with van der Waals surface area (Å²) in [4.78, 5) is 11.6. The summed E-state index contributed by atoms with van der Waals surface area (Å²) in [6.45, 7) is 2.75. The van der Waals surface area contributed by atoms with Crippen LogP contribution in [0.15, 0.2) is 24.5 Å². The van der Waals surface area contributed by atoms with Gasteiger partial charge in [0.15, 0.2) is 5.82 Å². The van der Waals surface area contributed by atoms with E-state index >= 15 is 0 Å². The first-order chi connectivity index (χ1) is 10.5. The van der Waals surface area contributed by atoms with Gasteiger partial charge in [0.25, 0.3) is 0 Å². The van der Waals surface area contributed by atoms with Crippen LogP contribution in [0.5, 0.6) is 0 Å². The van der Waals surface area contributed by atoms with Crippen LogP contribution in [0, 0.1) is 6.92 Å². The lowest BCUT2D eigenvalue weighted by Crippen LogP contribution is -2.19. The first-order valence-corrected chi connectivity index (χ1v) is 7.88. The molecule has 0 fully saturated rings. The fourth-order valence-electron chi connectivity index (χ4n) is 2.20. The molecule has 0 atom stereocenters. The standard InChI is InChI=1S/C14H15ClN6S/c1-9-16-7-11(22-9)8-20(2)14-19-18-13(21(14)3)10-4-5-12(15)17-6-10/h4-7H,8H2,1-3H3. The van der Waals surface area contributed by atoms with Crippen LogP contribution in [-0.4, -0.2) is 31.8 Å². The van der Waals surface area contributed by atoms with Crippen LogP contribution < -0.4 is 4.90 Å². The van der Waals surface area contributed by atoms with Gasteiger partial charge in [0.1, 0.15) is 5.15 Å². The van der Waals surface area contributed by atoms with Crippen LogP contribution in [-0.2, 0) is 13.6 Å². The maximum atomic E-state index is 5.82. The summed E-state index contributed by atoms with van der Waals surface area (Å²) < 4.78 is 1.94. The highest BCUT2D eigenvalue weighted by atomic mass is 35.5. The molecule has 6 nitrogen and oxygen atoms in total. The van der Waals surface area contributed by atoms with Crippen LogP contribution >= 0.6 is 22.9 Å². The van der Waals surface area contributed by atoms with Crippen molar-refractivity contribution >= 4 is 28.9 Å². The predicted octanol–water partition coefficient (Wildman–Crippen LogP) is 2.93. The molecule has 0 aliphatic heterocycles. The van der Waals surface area contributed by atoms with Crippen molar-refractivity contribution in [2.75, 3.05) is 11.9 Å². The number of pyridine rings is 1. The molecule has 0 N–H and O–H groups in total. The second-order valence-electron chi connectivity index (χ2n) is 4.95. The predicted molar refractivity (Wildman–Crippen MR) is 88.2 cm³/mol. The number of halogens is 1. The third kappa shape index (κ3) is 2.95. The van der Waals surface area contributed by atoms with Crippen molar-refractivity contribution in [3.05, 3.63) is 39.6 Å². The van der Waals surface area contributed by atoms with Gasteiger partial charge in [-0.25, -0.2) is 9.97 Å². The van der Waals surface area contributed by atoms with Crippen molar-refractivity contribution in [2.24, 2.45) is 7.05 Å². The van der Waals surface area contributed by atoms with E-state index < -0.39 is 0 Å². The zero-order valence-electron chi connectivity index (χ0n) is 12.5. The summed E-state index contributed by atoms with van der Waals surface area (Å²) in [7, 11) is 3.93. The first kappa shape index (κ1) is 14.9. The molecule has 0 saturated carbocycles. The highest BCUT2D eigenvalue weighted by Crippen LogP contribution is 2.23. The zero-order chi connectivity index (χ0) is 15.7. The van der Waals surface area contributed by atoms with E-state index in [-0.39, 0.29) is 0 Å². The minimum absolute atomic E-state index is 0.462. The Hall–Kier alpha value is -1.99. The maximum Gasteiger partial charge on any atom is 0.227 e. The summed E-state index contributed by atoms with van der Waals surface area (Å²) in [6.07, 6.45) is 3.60. The van der Waals surface area contributed by atoms with Gasteiger partial charge in [-0.2, -0.15) is 0 Å². The van der Waals surface area contributed by atoms with E-state index in [0.717, 1.165) is 28.9 Å². The Bertz CT molecular complexity index is 779. The lowest BCUT2D eigenvalue weighted by molar-refractivity contribution is 0.813. The molecule has 0 aliphatic rings. The number of anilines is 1. The number of aryl methyl sites for hydroxylation is 1. The van der Waals surface area contributed by atoms with Crippen molar-refractivity contribution in [1.29, 1.82) is 0 Å². The first-order valence-electron chi connectivity index (χ1n) is 6.68. The number of hydrogen-bond donors (Lipinski definition) is 0. The minimum atomic E-state index is 0.462. The summed E-state index contributed by atoms with van der Waals surface area (Å²) in [6, 6.07) is 3.63. The van der Waals surface area contributed by atoms with E-state index in [0.29, 0.717) is 5.15 Å². The summed E-state index contributed by atoms with van der Waals surface area (Å²) in [5, 5.41) is 10.1. The molecule has 0 aliphatic carbocycles. The second kappa shape index (κ2) is 6.02. The minimum Gasteiger partial charge on any atom is -0.339 e. The monoisotopic (exact) mass is 334 g/mol. The molecule has 0 aromatic carbocycles. The van der Waals surface area contributed by atoms with Crippen LogP contribution in [0.1, 0.15) is 9.88 Å². The fourth-order valence-corrected chi connectivity index (χ4v) is 3.16. The van der Waals surface area contributed by atoms with E-state index in [1.54, 1.807) is 23.6 Å². The largest absolute Gasteiger partial charge is 0.339 e. The number of nitrogens with zero attached hydrogens (tertiary/aromatic N) is 6. The van der Waals surface area contributed by atoms with E-state index in [2.05, 4.69) is 20.2 Å². The number of thiazole rings is 1. The van der Waals surface area contributed by atoms with Crippen molar-refractivity contribution in [3.8, 4) is 11.4 Å². The highest BCUT2D eigenvalue weighted by molar-refractivity contribution is 7.11. The molecule has 3 heterocycles. The molecule has 3 rings (SSSR count). The van der Waals surface area contributed by atoms with Crippen LogP contribution in [0.3, 0.4) is 0 Å². The molecule has 114 valence electrons. The maximum absolute atomic E-state index is 5.82. The van der Waals surface area contributed by atoms with Gasteiger partial charge >= 0.3 is 0 Å². The number of hydrogen-bond acceptors (Lipinski definition) is 6. The second-order valence-corrected chi connectivity index (χ2v) is 6.66. The summed E-state index contributed by atoms with van der Waals surface area (Å²) >= 11 is 7.51. The van der Waals surface area contributed by atoms with Crippen LogP contribution in [0.25, 0.3) is 11.4 Å². The molecule has 0 radical (unpaired) electrons. The van der Waals surface area contributed by atoms with Gasteiger partial charge in [-0.05, 0) is 19.1 Å². The lowest BCUT2D eigenvalue weighted by Gasteiger charge is -2.16. The van der Waals surface area contributed by atoms with Gasteiger partial charge in [-0.15, -0.1) is 21.5 Å². The van der Waals surface area contributed by atoms with E-state index in [1.165, 1.54) is 4.88 Å². The Kier molecular flexibility index (Phi) is 4.08.